The molecule has 0 aliphatic rings. The lowest BCUT2D eigenvalue weighted by molar-refractivity contribution is 0.657. The quantitative estimate of drug-likeness (QED) is 0.865. The Balaban J connectivity index is 2.19. The van der Waals surface area contributed by atoms with Crippen molar-refractivity contribution in [1.29, 1.82) is 0 Å². The molecule has 0 radical (unpaired) electrons. The molecule has 0 saturated heterocycles. The summed E-state index contributed by atoms with van der Waals surface area (Å²) in [4.78, 5) is 4.42. The van der Waals surface area contributed by atoms with Gasteiger partial charge < -0.3 is 11.1 Å². The average molecular weight is 259 g/mol. The summed E-state index contributed by atoms with van der Waals surface area (Å²) in [6.45, 7) is 7.57. The number of hydrogen-bond acceptors (Lipinski definition) is 4. The van der Waals surface area contributed by atoms with Crippen LogP contribution in [0.5, 0.6) is 0 Å². The summed E-state index contributed by atoms with van der Waals surface area (Å²) in [6, 6.07) is 4.08. The summed E-state index contributed by atoms with van der Waals surface area (Å²) in [7, 11) is 0. The number of rotatable bonds is 5. The van der Waals surface area contributed by atoms with Gasteiger partial charge in [0.2, 0.25) is 0 Å². The molecular weight excluding hydrogens is 238 g/mol. The van der Waals surface area contributed by atoms with Gasteiger partial charge in [0.05, 0.1) is 23.6 Å². The number of nitrogens with one attached hydrogen (secondary N) is 1. The van der Waals surface area contributed by atoms with E-state index in [4.69, 9.17) is 5.73 Å². The Hall–Kier alpha value is -2.04. The fraction of sp³-hybridized carbons (Fsp3) is 0.429. The molecule has 0 aromatic carbocycles. The minimum Gasteiger partial charge on any atom is -0.394 e. The van der Waals surface area contributed by atoms with E-state index < -0.39 is 0 Å². The fourth-order valence-electron chi connectivity index (χ4n) is 2.13. The minimum atomic E-state index is 0.666. The van der Waals surface area contributed by atoms with Gasteiger partial charge in [-0.05, 0) is 31.9 Å². The Labute approximate surface area is 113 Å². The Morgan fingerprint density at radius 3 is 2.84 bits per heavy atom. The molecule has 2 aromatic rings. The first-order chi connectivity index (χ1) is 9.17. The summed E-state index contributed by atoms with van der Waals surface area (Å²) in [5, 5.41) is 7.75. The third-order valence-corrected chi connectivity index (χ3v) is 3.26. The highest BCUT2D eigenvalue weighted by Crippen LogP contribution is 2.22. The van der Waals surface area contributed by atoms with Crippen LogP contribution >= 0.6 is 0 Å². The molecule has 0 spiro atoms. The van der Waals surface area contributed by atoms with E-state index in [1.807, 2.05) is 23.9 Å². The monoisotopic (exact) mass is 259 g/mol. The maximum absolute atomic E-state index is 6.05. The molecule has 2 aromatic heterocycles. The summed E-state index contributed by atoms with van der Waals surface area (Å²) in [5.74, 6) is 0.882. The van der Waals surface area contributed by atoms with Gasteiger partial charge in [-0.1, -0.05) is 13.0 Å². The van der Waals surface area contributed by atoms with Crippen LogP contribution in [0.15, 0.2) is 18.3 Å². The number of nitrogen functional groups attached to an aromatic ring is 1. The van der Waals surface area contributed by atoms with Gasteiger partial charge in [-0.2, -0.15) is 5.10 Å². The van der Waals surface area contributed by atoms with Crippen LogP contribution in [0, 0.1) is 6.92 Å². The highest BCUT2D eigenvalue weighted by atomic mass is 15.3. The zero-order valence-corrected chi connectivity index (χ0v) is 11.8. The summed E-state index contributed by atoms with van der Waals surface area (Å²) < 4.78 is 1.89. The van der Waals surface area contributed by atoms with Gasteiger partial charge in [0.15, 0.2) is 0 Å². The van der Waals surface area contributed by atoms with Crippen molar-refractivity contribution in [2.45, 2.75) is 40.3 Å². The Bertz CT molecular complexity index is 559. The van der Waals surface area contributed by atoms with E-state index in [9.17, 15) is 0 Å². The van der Waals surface area contributed by atoms with Crippen LogP contribution in [0.1, 0.15) is 30.8 Å². The first-order valence-electron chi connectivity index (χ1n) is 6.66. The van der Waals surface area contributed by atoms with Crippen LogP contribution < -0.4 is 11.1 Å². The van der Waals surface area contributed by atoms with Crippen molar-refractivity contribution in [3.05, 3.63) is 35.3 Å². The van der Waals surface area contributed by atoms with Gasteiger partial charge in [0, 0.05) is 12.7 Å². The Morgan fingerprint density at radius 1 is 1.37 bits per heavy atom. The number of anilines is 2. The van der Waals surface area contributed by atoms with Gasteiger partial charge in [-0.3, -0.25) is 4.98 Å². The van der Waals surface area contributed by atoms with Crippen molar-refractivity contribution in [2.75, 3.05) is 11.1 Å². The second kappa shape index (κ2) is 5.73. The molecule has 0 fully saturated rings. The lowest BCUT2D eigenvalue weighted by Crippen LogP contribution is -2.10. The van der Waals surface area contributed by atoms with Gasteiger partial charge in [0.1, 0.15) is 5.82 Å². The zero-order valence-electron chi connectivity index (χ0n) is 11.8. The molecule has 0 unspecified atom stereocenters. The van der Waals surface area contributed by atoms with Gasteiger partial charge in [-0.15, -0.1) is 0 Å². The van der Waals surface area contributed by atoms with Crippen LogP contribution in [0.25, 0.3) is 0 Å². The van der Waals surface area contributed by atoms with Gasteiger partial charge >= 0.3 is 0 Å². The maximum Gasteiger partial charge on any atom is 0.148 e. The molecule has 19 heavy (non-hydrogen) atoms. The van der Waals surface area contributed by atoms with E-state index in [-0.39, 0.29) is 0 Å². The van der Waals surface area contributed by atoms with E-state index in [0.29, 0.717) is 6.54 Å². The van der Waals surface area contributed by atoms with Crippen molar-refractivity contribution in [3.63, 3.8) is 0 Å². The fourth-order valence-corrected chi connectivity index (χ4v) is 2.13. The number of nitrogens with two attached hydrogens (primary N) is 1. The first-order valence-corrected chi connectivity index (χ1v) is 6.66. The van der Waals surface area contributed by atoms with Gasteiger partial charge in [0.25, 0.3) is 0 Å². The predicted octanol–water partition coefficient (Wildman–Crippen LogP) is 2.36. The second-order valence-electron chi connectivity index (χ2n) is 4.48. The number of hydrogen-bond donors (Lipinski definition) is 2. The first kappa shape index (κ1) is 13.4. The van der Waals surface area contributed by atoms with Crippen LogP contribution in [-0.2, 0) is 19.5 Å². The van der Waals surface area contributed by atoms with Crippen molar-refractivity contribution in [3.8, 4) is 0 Å². The number of aryl methyl sites for hydroxylation is 3. The highest BCUT2D eigenvalue weighted by Gasteiger charge is 2.11. The lowest BCUT2D eigenvalue weighted by Gasteiger charge is -2.11. The Kier molecular flexibility index (Phi) is 4.04. The predicted molar refractivity (Wildman–Crippen MR) is 78.0 cm³/mol. The van der Waals surface area contributed by atoms with Crippen molar-refractivity contribution < 1.29 is 0 Å². The standard InChI is InChI=1S/C14H21N5/c1-4-11-7-6-8-16-12(11)9-17-14-13(15)10(3)18-19(14)5-2/h6-8,17H,4-5,9,15H2,1-3H3. The molecule has 0 saturated carbocycles. The molecular formula is C14H21N5. The molecule has 0 aliphatic heterocycles. The number of nitrogens with zero attached hydrogens (tertiary/aromatic N) is 3. The SMILES string of the molecule is CCc1cccnc1CNc1c(N)c(C)nn1CC. The van der Waals surface area contributed by atoms with E-state index in [2.05, 4.69) is 35.3 Å². The van der Waals surface area contributed by atoms with Crippen molar-refractivity contribution >= 4 is 11.5 Å². The molecule has 2 heterocycles. The van der Waals surface area contributed by atoms with E-state index >= 15 is 0 Å². The van der Waals surface area contributed by atoms with E-state index in [1.165, 1.54) is 5.56 Å². The molecule has 0 amide bonds. The molecule has 0 aliphatic carbocycles. The average Bonchev–Trinajstić information content (AvgIpc) is 2.72. The van der Waals surface area contributed by atoms with Crippen molar-refractivity contribution in [1.82, 2.24) is 14.8 Å². The van der Waals surface area contributed by atoms with Gasteiger partial charge in [-0.25, -0.2) is 4.68 Å². The summed E-state index contributed by atoms with van der Waals surface area (Å²) in [5.41, 5.74) is 9.95. The molecule has 5 heteroatoms. The van der Waals surface area contributed by atoms with E-state index in [1.54, 1.807) is 0 Å². The van der Waals surface area contributed by atoms with Crippen LogP contribution in [0.3, 0.4) is 0 Å². The largest absolute Gasteiger partial charge is 0.394 e. The number of aromatic nitrogens is 3. The van der Waals surface area contributed by atoms with Crippen LogP contribution in [0.2, 0.25) is 0 Å². The second-order valence-corrected chi connectivity index (χ2v) is 4.48. The van der Waals surface area contributed by atoms with Crippen molar-refractivity contribution in [2.24, 2.45) is 0 Å². The molecule has 0 atom stereocenters. The maximum atomic E-state index is 6.05. The lowest BCUT2D eigenvalue weighted by atomic mass is 10.1. The van der Waals surface area contributed by atoms with Crippen LogP contribution in [-0.4, -0.2) is 14.8 Å². The minimum absolute atomic E-state index is 0.666. The van der Waals surface area contributed by atoms with E-state index in [0.717, 1.165) is 35.9 Å². The Morgan fingerprint density at radius 2 is 2.16 bits per heavy atom. The normalized spacial score (nSPS) is 10.7. The smallest absolute Gasteiger partial charge is 0.148 e. The third kappa shape index (κ3) is 2.70. The third-order valence-electron chi connectivity index (χ3n) is 3.26. The number of pyridine rings is 1. The molecule has 2 rings (SSSR count). The summed E-state index contributed by atoms with van der Waals surface area (Å²) >= 11 is 0. The topological polar surface area (TPSA) is 68.8 Å². The zero-order chi connectivity index (χ0) is 13.8. The summed E-state index contributed by atoms with van der Waals surface area (Å²) in [6.07, 6.45) is 2.80. The molecule has 3 N–H and O–H groups in total. The molecule has 102 valence electrons. The van der Waals surface area contributed by atoms with Crippen LogP contribution in [0.4, 0.5) is 11.5 Å². The molecule has 0 bridgehead atoms. The highest BCUT2D eigenvalue weighted by molar-refractivity contribution is 5.64. The molecule has 5 nitrogen and oxygen atoms in total.